The Morgan fingerprint density at radius 2 is 2.00 bits per heavy atom. The van der Waals surface area contributed by atoms with Gasteiger partial charge in [0.15, 0.2) is 0 Å². The van der Waals surface area contributed by atoms with Crippen molar-refractivity contribution in [1.29, 1.82) is 0 Å². The molecular formula is C14H22BrNO. The fourth-order valence-electron chi connectivity index (χ4n) is 1.76. The number of ether oxygens (including phenoxy) is 1. The van der Waals surface area contributed by atoms with E-state index in [2.05, 4.69) is 42.8 Å². The molecule has 0 aliphatic carbocycles. The molecule has 2 nitrogen and oxygen atoms in total. The third-order valence-corrected chi connectivity index (χ3v) is 3.23. The van der Waals surface area contributed by atoms with Crippen molar-refractivity contribution >= 4 is 15.9 Å². The lowest BCUT2D eigenvalue weighted by Gasteiger charge is -2.19. The minimum atomic E-state index is 0.220. The van der Waals surface area contributed by atoms with Crippen LogP contribution in [-0.2, 0) is 0 Å². The molecule has 0 aliphatic heterocycles. The highest BCUT2D eigenvalue weighted by molar-refractivity contribution is 9.10. The molecule has 1 aromatic rings. The van der Waals surface area contributed by atoms with Gasteiger partial charge in [-0.1, -0.05) is 29.8 Å². The maximum absolute atomic E-state index is 5.99. The summed E-state index contributed by atoms with van der Waals surface area (Å²) in [5.74, 6) is 1.46. The zero-order chi connectivity index (χ0) is 12.8. The van der Waals surface area contributed by atoms with E-state index in [9.17, 15) is 0 Å². The van der Waals surface area contributed by atoms with E-state index in [0.717, 1.165) is 29.6 Å². The van der Waals surface area contributed by atoms with Crippen molar-refractivity contribution in [2.24, 2.45) is 5.73 Å². The quantitative estimate of drug-likeness (QED) is 0.859. The van der Waals surface area contributed by atoms with Gasteiger partial charge >= 0.3 is 0 Å². The van der Waals surface area contributed by atoms with Crippen LogP contribution < -0.4 is 10.5 Å². The molecule has 0 heterocycles. The van der Waals surface area contributed by atoms with Crippen molar-refractivity contribution in [2.45, 2.75) is 45.6 Å². The van der Waals surface area contributed by atoms with Gasteiger partial charge in [0, 0.05) is 4.47 Å². The van der Waals surface area contributed by atoms with Gasteiger partial charge in [-0.05, 0) is 56.0 Å². The molecule has 0 bridgehead atoms. The molecule has 0 aliphatic rings. The first-order valence-electron chi connectivity index (χ1n) is 6.20. The van der Waals surface area contributed by atoms with Crippen molar-refractivity contribution in [1.82, 2.24) is 0 Å². The highest BCUT2D eigenvalue weighted by atomic mass is 79.9. The summed E-state index contributed by atoms with van der Waals surface area (Å²) < 4.78 is 7.09. The second-order valence-electron chi connectivity index (χ2n) is 4.70. The minimum Gasteiger partial charge on any atom is -0.490 e. The number of hydrogen-bond acceptors (Lipinski definition) is 2. The highest BCUT2D eigenvalue weighted by Crippen LogP contribution is 2.30. The van der Waals surface area contributed by atoms with E-state index >= 15 is 0 Å². The fourth-order valence-corrected chi connectivity index (χ4v) is 2.14. The van der Waals surface area contributed by atoms with Crippen LogP contribution in [0.4, 0.5) is 0 Å². The molecule has 2 N–H and O–H groups in total. The topological polar surface area (TPSA) is 35.2 Å². The summed E-state index contributed by atoms with van der Waals surface area (Å²) in [4.78, 5) is 0. The monoisotopic (exact) mass is 299 g/mol. The smallest absolute Gasteiger partial charge is 0.123 e. The van der Waals surface area contributed by atoms with Gasteiger partial charge in [0.25, 0.3) is 0 Å². The molecule has 1 atom stereocenters. The summed E-state index contributed by atoms with van der Waals surface area (Å²) >= 11 is 3.50. The van der Waals surface area contributed by atoms with Crippen molar-refractivity contribution < 1.29 is 4.74 Å². The summed E-state index contributed by atoms with van der Waals surface area (Å²) in [6.07, 6.45) is 2.23. The Labute approximate surface area is 113 Å². The van der Waals surface area contributed by atoms with E-state index in [1.807, 2.05) is 12.1 Å². The standard InChI is InChI=1S/C14H22BrNO/c1-10(2)13-9-12(15)6-7-14(13)17-11(3)5-4-8-16/h6-7,9-11H,4-5,8,16H2,1-3H3. The maximum Gasteiger partial charge on any atom is 0.123 e. The number of hydrogen-bond donors (Lipinski definition) is 1. The van der Waals surface area contributed by atoms with Gasteiger partial charge in [0.05, 0.1) is 6.10 Å². The first-order chi connectivity index (χ1) is 8.04. The van der Waals surface area contributed by atoms with Crippen LogP contribution in [0.2, 0.25) is 0 Å². The SMILES string of the molecule is CC(CCCN)Oc1ccc(Br)cc1C(C)C. The number of halogens is 1. The molecule has 0 radical (unpaired) electrons. The Balaban J connectivity index is 2.76. The maximum atomic E-state index is 5.99. The molecule has 1 aromatic carbocycles. The van der Waals surface area contributed by atoms with Crippen molar-refractivity contribution in [2.75, 3.05) is 6.54 Å². The minimum absolute atomic E-state index is 0.220. The molecule has 0 saturated heterocycles. The molecule has 0 spiro atoms. The Hall–Kier alpha value is -0.540. The van der Waals surface area contributed by atoms with Gasteiger partial charge < -0.3 is 10.5 Å². The van der Waals surface area contributed by atoms with Crippen molar-refractivity contribution in [3.63, 3.8) is 0 Å². The largest absolute Gasteiger partial charge is 0.490 e. The van der Waals surface area contributed by atoms with E-state index < -0.39 is 0 Å². The van der Waals surface area contributed by atoms with Crippen LogP contribution in [0.1, 0.15) is 45.1 Å². The van der Waals surface area contributed by atoms with E-state index in [4.69, 9.17) is 10.5 Å². The normalized spacial score (nSPS) is 12.8. The van der Waals surface area contributed by atoms with E-state index in [1.54, 1.807) is 0 Å². The average Bonchev–Trinajstić information content (AvgIpc) is 2.28. The Morgan fingerprint density at radius 1 is 1.29 bits per heavy atom. The van der Waals surface area contributed by atoms with Crippen LogP contribution in [0.3, 0.4) is 0 Å². The van der Waals surface area contributed by atoms with Gasteiger partial charge in [-0.3, -0.25) is 0 Å². The summed E-state index contributed by atoms with van der Waals surface area (Å²) in [7, 11) is 0. The summed E-state index contributed by atoms with van der Waals surface area (Å²) in [6, 6.07) is 6.20. The molecular weight excluding hydrogens is 278 g/mol. The van der Waals surface area contributed by atoms with Gasteiger partial charge in [-0.15, -0.1) is 0 Å². The third kappa shape index (κ3) is 4.68. The summed E-state index contributed by atoms with van der Waals surface area (Å²) in [6.45, 7) is 7.19. The molecule has 3 heteroatoms. The average molecular weight is 300 g/mol. The molecule has 0 saturated carbocycles. The zero-order valence-electron chi connectivity index (χ0n) is 10.9. The summed E-state index contributed by atoms with van der Waals surface area (Å²) in [5.41, 5.74) is 6.76. The Morgan fingerprint density at radius 3 is 2.59 bits per heavy atom. The van der Waals surface area contributed by atoms with Gasteiger partial charge in [-0.2, -0.15) is 0 Å². The summed E-state index contributed by atoms with van der Waals surface area (Å²) in [5, 5.41) is 0. The zero-order valence-corrected chi connectivity index (χ0v) is 12.5. The third-order valence-electron chi connectivity index (χ3n) is 2.74. The molecule has 1 rings (SSSR count). The first kappa shape index (κ1) is 14.5. The van der Waals surface area contributed by atoms with Crippen LogP contribution in [0.25, 0.3) is 0 Å². The highest BCUT2D eigenvalue weighted by Gasteiger charge is 2.11. The number of rotatable bonds is 6. The lowest BCUT2D eigenvalue weighted by molar-refractivity contribution is 0.206. The predicted molar refractivity (Wildman–Crippen MR) is 76.6 cm³/mol. The van der Waals surface area contributed by atoms with E-state index in [-0.39, 0.29) is 6.10 Å². The molecule has 17 heavy (non-hydrogen) atoms. The fraction of sp³-hybridized carbons (Fsp3) is 0.571. The van der Waals surface area contributed by atoms with Crippen molar-refractivity contribution in [3.8, 4) is 5.75 Å². The number of nitrogens with two attached hydrogens (primary N) is 1. The molecule has 0 amide bonds. The Kier molecular flexibility index (Phi) is 6.00. The number of benzene rings is 1. The Bertz CT molecular complexity index is 352. The lowest BCUT2D eigenvalue weighted by Crippen LogP contribution is -2.15. The van der Waals surface area contributed by atoms with Gasteiger partial charge in [-0.25, -0.2) is 0 Å². The second-order valence-corrected chi connectivity index (χ2v) is 5.61. The molecule has 0 fully saturated rings. The van der Waals surface area contributed by atoms with Crippen LogP contribution in [0, 0.1) is 0 Å². The molecule has 1 unspecified atom stereocenters. The van der Waals surface area contributed by atoms with E-state index in [1.165, 1.54) is 5.56 Å². The van der Waals surface area contributed by atoms with Crippen LogP contribution in [0.5, 0.6) is 5.75 Å². The second kappa shape index (κ2) is 7.02. The van der Waals surface area contributed by atoms with Crippen LogP contribution in [-0.4, -0.2) is 12.6 Å². The van der Waals surface area contributed by atoms with Crippen LogP contribution in [0.15, 0.2) is 22.7 Å². The van der Waals surface area contributed by atoms with E-state index in [0.29, 0.717) is 5.92 Å². The predicted octanol–water partition coefficient (Wildman–Crippen LogP) is 4.08. The van der Waals surface area contributed by atoms with Gasteiger partial charge in [0.1, 0.15) is 5.75 Å². The van der Waals surface area contributed by atoms with Gasteiger partial charge in [0.2, 0.25) is 0 Å². The molecule has 96 valence electrons. The first-order valence-corrected chi connectivity index (χ1v) is 7.00. The van der Waals surface area contributed by atoms with Crippen molar-refractivity contribution in [3.05, 3.63) is 28.2 Å². The molecule has 0 aromatic heterocycles. The van der Waals surface area contributed by atoms with Crippen LogP contribution >= 0.6 is 15.9 Å². The lowest BCUT2D eigenvalue weighted by atomic mass is 10.0.